The summed E-state index contributed by atoms with van der Waals surface area (Å²) >= 11 is 0. The number of anilines is 4. The van der Waals surface area contributed by atoms with E-state index in [4.69, 9.17) is 11.5 Å². The third-order valence-electron chi connectivity index (χ3n) is 3.60. The molecule has 0 aliphatic rings. The number of rotatable bonds is 4. The van der Waals surface area contributed by atoms with Crippen molar-refractivity contribution in [2.75, 3.05) is 21.7 Å². The average molecular weight is 349 g/mol. The highest BCUT2D eigenvalue weighted by atomic mass is 16.2. The quantitative estimate of drug-likeness (QED) is 0.442. The number of nitrogens with two attached hydrogens (primary N) is 2. The van der Waals surface area contributed by atoms with Crippen molar-refractivity contribution >= 4 is 34.6 Å². The number of hydrogen-bond donors (Lipinski definition) is 3. The molecule has 0 atom stereocenters. The maximum absolute atomic E-state index is 12.7. The second-order valence-corrected chi connectivity index (χ2v) is 5.66. The number of amides is 2. The summed E-state index contributed by atoms with van der Waals surface area (Å²) in [6.45, 7) is 3.14. The fourth-order valence-electron chi connectivity index (χ4n) is 2.27. The predicted octanol–water partition coefficient (Wildman–Crippen LogP) is 2.56. The molecule has 0 heterocycles. The topological polar surface area (TPSA) is 125 Å². The monoisotopic (exact) mass is 349 g/mol. The second-order valence-electron chi connectivity index (χ2n) is 5.66. The molecule has 2 aromatic carbocycles. The molecular formula is C19H19N5O2. The maximum Gasteiger partial charge on any atom is 0.277 e. The van der Waals surface area contributed by atoms with E-state index in [1.807, 2.05) is 19.1 Å². The zero-order valence-corrected chi connectivity index (χ0v) is 14.5. The SMILES string of the molecule is CC(=O)N(C(=O)/C(C#N)=C\Nc1cc(C)ccc1N)c1ccc(N)cc1. The fourth-order valence-corrected chi connectivity index (χ4v) is 2.27. The molecule has 0 spiro atoms. The zero-order chi connectivity index (χ0) is 19.3. The molecule has 26 heavy (non-hydrogen) atoms. The highest BCUT2D eigenvalue weighted by Gasteiger charge is 2.24. The van der Waals surface area contributed by atoms with Gasteiger partial charge in [-0.15, -0.1) is 0 Å². The Kier molecular flexibility index (Phi) is 5.60. The van der Waals surface area contributed by atoms with Crippen LogP contribution >= 0.6 is 0 Å². The van der Waals surface area contributed by atoms with Crippen LogP contribution in [0.1, 0.15) is 12.5 Å². The fraction of sp³-hybridized carbons (Fsp3) is 0.105. The number of carbonyl (C=O) groups is 2. The van der Waals surface area contributed by atoms with E-state index < -0.39 is 11.8 Å². The molecule has 0 saturated carbocycles. The molecule has 0 fully saturated rings. The lowest BCUT2D eigenvalue weighted by Crippen LogP contribution is -2.36. The highest BCUT2D eigenvalue weighted by Crippen LogP contribution is 2.21. The van der Waals surface area contributed by atoms with Gasteiger partial charge in [-0.05, 0) is 48.9 Å². The van der Waals surface area contributed by atoms with Crippen molar-refractivity contribution in [2.24, 2.45) is 0 Å². The van der Waals surface area contributed by atoms with Crippen LogP contribution in [0.3, 0.4) is 0 Å². The molecule has 2 amide bonds. The van der Waals surface area contributed by atoms with E-state index in [0.29, 0.717) is 22.7 Å². The van der Waals surface area contributed by atoms with Crippen LogP contribution in [0.4, 0.5) is 22.7 Å². The number of nitrogens with zero attached hydrogens (tertiary/aromatic N) is 2. The van der Waals surface area contributed by atoms with Gasteiger partial charge in [-0.1, -0.05) is 6.07 Å². The summed E-state index contributed by atoms with van der Waals surface area (Å²) in [5.74, 6) is -1.26. The molecule has 7 nitrogen and oxygen atoms in total. The first-order valence-corrected chi connectivity index (χ1v) is 7.77. The lowest BCUT2D eigenvalue weighted by atomic mass is 10.2. The molecule has 132 valence electrons. The van der Waals surface area contributed by atoms with Crippen molar-refractivity contribution in [3.63, 3.8) is 0 Å². The van der Waals surface area contributed by atoms with Gasteiger partial charge in [-0.25, -0.2) is 4.90 Å². The van der Waals surface area contributed by atoms with E-state index >= 15 is 0 Å². The van der Waals surface area contributed by atoms with Crippen molar-refractivity contribution in [3.05, 3.63) is 59.8 Å². The summed E-state index contributed by atoms with van der Waals surface area (Å²) in [4.78, 5) is 25.6. The van der Waals surface area contributed by atoms with Gasteiger partial charge in [0.1, 0.15) is 11.6 Å². The molecule has 0 unspecified atom stereocenters. The Morgan fingerprint density at radius 2 is 1.81 bits per heavy atom. The van der Waals surface area contributed by atoms with E-state index in [0.717, 1.165) is 10.5 Å². The molecule has 0 saturated heterocycles. The molecule has 0 bridgehead atoms. The Morgan fingerprint density at radius 3 is 2.38 bits per heavy atom. The number of hydrogen-bond acceptors (Lipinski definition) is 6. The number of carbonyl (C=O) groups excluding carboxylic acids is 2. The summed E-state index contributed by atoms with van der Waals surface area (Å²) in [5.41, 5.74) is 14.1. The molecule has 0 radical (unpaired) electrons. The first kappa shape index (κ1) is 18.5. The zero-order valence-electron chi connectivity index (χ0n) is 14.5. The van der Waals surface area contributed by atoms with Crippen LogP contribution in [0.25, 0.3) is 0 Å². The Bertz CT molecular complexity index is 911. The summed E-state index contributed by atoms with van der Waals surface area (Å²) < 4.78 is 0. The van der Waals surface area contributed by atoms with Crippen LogP contribution in [-0.4, -0.2) is 11.8 Å². The number of nitrogen functional groups attached to an aromatic ring is 2. The van der Waals surface area contributed by atoms with Gasteiger partial charge in [0.25, 0.3) is 5.91 Å². The van der Waals surface area contributed by atoms with Crippen LogP contribution in [0.15, 0.2) is 54.2 Å². The Balaban J connectivity index is 2.33. The van der Waals surface area contributed by atoms with Gasteiger partial charge in [-0.2, -0.15) is 5.26 Å². The standard InChI is InChI=1S/C19H19N5O2/c1-12-3-8-17(22)18(9-12)23-11-14(10-20)19(26)24(13(2)25)16-6-4-15(21)5-7-16/h3-9,11,23H,21-22H2,1-2H3/b14-11-. The van der Waals surface area contributed by atoms with Gasteiger partial charge in [0.2, 0.25) is 5.91 Å². The lowest BCUT2D eigenvalue weighted by Gasteiger charge is -2.19. The molecule has 0 aliphatic heterocycles. The number of nitrogens with one attached hydrogen (secondary N) is 1. The third-order valence-corrected chi connectivity index (χ3v) is 3.60. The van der Waals surface area contributed by atoms with Gasteiger partial charge >= 0.3 is 0 Å². The number of nitriles is 1. The van der Waals surface area contributed by atoms with Crippen molar-refractivity contribution in [2.45, 2.75) is 13.8 Å². The van der Waals surface area contributed by atoms with E-state index in [1.54, 1.807) is 24.3 Å². The van der Waals surface area contributed by atoms with Crippen molar-refractivity contribution in [3.8, 4) is 6.07 Å². The van der Waals surface area contributed by atoms with Crippen molar-refractivity contribution < 1.29 is 9.59 Å². The van der Waals surface area contributed by atoms with E-state index in [9.17, 15) is 14.9 Å². The van der Waals surface area contributed by atoms with Crippen LogP contribution in [0, 0.1) is 18.3 Å². The van der Waals surface area contributed by atoms with Crippen molar-refractivity contribution in [1.29, 1.82) is 5.26 Å². The lowest BCUT2D eigenvalue weighted by molar-refractivity contribution is -0.123. The Morgan fingerprint density at radius 1 is 1.15 bits per heavy atom. The average Bonchev–Trinajstić information content (AvgIpc) is 2.60. The second kappa shape index (κ2) is 7.85. The predicted molar refractivity (Wildman–Crippen MR) is 102 cm³/mol. The Hall–Kier alpha value is -3.79. The van der Waals surface area contributed by atoms with E-state index in [1.165, 1.54) is 25.3 Å². The smallest absolute Gasteiger partial charge is 0.277 e. The summed E-state index contributed by atoms with van der Waals surface area (Å²) in [5, 5.41) is 12.2. The first-order chi connectivity index (χ1) is 12.3. The molecule has 5 N–H and O–H groups in total. The minimum Gasteiger partial charge on any atom is -0.399 e. The van der Waals surface area contributed by atoms with Crippen molar-refractivity contribution in [1.82, 2.24) is 0 Å². The van der Waals surface area contributed by atoms with Gasteiger partial charge in [0.15, 0.2) is 0 Å². The largest absolute Gasteiger partial charge is 0.399 e. The molecule has 0 aromatic heterocycles. The van der Waals surface area contributed by atoms with Crippen LogP contribution in [0.2, 0.25) is 0 Å². The molecule has 7 heteroatoms. The van der Waals surface area contributed by atoms with Crippen LogP contribution < -0.4 is 21.7 Å². The van der Waals surface area contributed by atoms with Gasteiger partial charge in [0.05, 0.1) is 17.1 Å². The van der Waals surface area contributed by atoms with Gasteiger partial charge in [0, 0.05) is 18.8 Å². The minimum atomic E-state index is -0.747. The third kappa shape index (κ3) is 4.19. The number of imide groups is 1. The van der Waals surface area contributed by atoms with Crippen LogP contribution in [-0.2, 0) is 9.59 Å². The summed E-state index contributed by atoms with van der Waals surface area (Å²) in [6, 6.07) is 13.4. The highest BCUT2D eigenvalue weighted by molar-refractivity contribution is 6.21. The first-order valence-electron chi connectivity index (χ1n) is 7.77. The van der Waals surface area contributed by atoms with E-state index in [2.05, 4.69) is 5.32 Å². The normalized spacial score (nSPS) is 10.7. The molecule has 0 aliphatic carbocycles. The molecule has 2 aromatic rings. The maximum atomic E-state index is 12.7. The number of benzene rings is 2. The summed E-state index contributed by atoms with van der Waals surface area (Å²) in [7, 11) is 0. The number of aryl methyl sites for hydroxylation is 1. The minimum absolute atomic E-state index is 0.238. The molecule has 2 rings (SSSR count). The summed E-state index contributed by atoms with van der Waals surface area (Å²) in [6.07, 6.45) is 1.24. The Labute approximate surface area is 151 Å². The van der Waals surface area contributed by atoms with Gasteiger partial charge < -0.3 is 16.8 Å². The van der Waals surface area contributed by atoms with Crippen LogP contribution in [0.5, 0.6) is 0 Å². The molecular weight excluding hydrogens is 330 g/mol. The van der Waals surface area contributed by atoms with E-state index in [-0.39, 0.29) is 5.57 Å². The van der Waals surface area contributed by atoms with Gasteiger partial charge in [-0.3, -0.25) is 9.59 Å².